The van der Waals surface area contributed by atoms with Gasteiger partial charge in [-0.2, -0.15) is 0 Å². The lowest BCUT2D eigenvalue weighted by molar-refractivity contribution is 0.0526. The summed E-state index contributed by atoms with van der Waals surface area (Å²) in [7, 11) is 1.64. The standard InChI is InChI=1S/C22H26N4O5S/c1-3-30-21(28)17-4-6-19(7-5-17)31-14-18(27)15-32-22-25-24-20(26(22)12-13-29-2)16-8-10-23-11-9-16/h4-11,18,27H,3,12-15H2,1-2H3. The van der Waals surface area contributed by atoms with Gasteiger partial charge in [-0.15, -0.1) is 10.2 Å². The number of nitrogens with zero attached hydrogens (tertiary/aromatic N) is 4. The third kappa shape index (κ3) is 6.52. The van der Waals surface area contributed by atoms with Crippen LogP contribution in [0.4, 0.5) is 0 Å². The van der Waals surface area contributed by atoms with Gasteiger partial charge in [0.2, 0.25) is 0 Å². The lowest BCUT2D eigenvalue weighted by Crippen LogP contribution is -2.20. The Morgan fingerprint density at radius 3 is 2.59 bits per heavy atom. The van der Waals surface area contributed by atoms with Crippen LogP contribution in [-0.2, 0) is 16.0 Å². The van der Waals surface area contributed by atoms with E-state index in [-0.39, 0.29) is 12.6 Å². The molecule has 1 unspecified atom stereocenters. The third-order valence-electron chi connectivity index (χ3n) is 4.39. The van der Waals surface area contributed by atoms with Gasteiger partial charge in [-0.1, -0.05) is 11.8 Å². The first-order valence-corrected chi connectivity index (χ1v) is 11.1. The van der Waals surface area contributed by atoms with Crippen LogP contribution in [-0.4, -0.2) is 69.6 Å². The Bertz CT molecular complexity index is 982. The molecule has 1 aromatic carbocycles. The Morgan fingerprint density at radius 1 is 1.16 bits per heavy atom. The number of aliphatic hydroxyl groups excluding tert-OH is 1. The smallest absolute Gasteiger partial charge is 0.338 e. The lowest BCUT2D eigenvalue weighted by atomic mass is 10.2. The molecule has 0 aliphatic heterocycles. The number of carbonyl (C=O) groups is 1. The molecule has 0 saturated carbocycles. The van der Waals surface area contributed by atoms with Crippen molar-refractivity contribution in [2.24, 2.45) is 0 Å². The molecule has 0 aliphatic carbocycles. The van der Waals surface area contributed by atoms with Crippen molar-refractivity contribution in [3.63, 3.8) is 0 Å². The minimum Gasteiger partial charge on any atom is -0.491 e. The Balaban J connectivity index is 1.56. The van der Waals surface area contributed by atoms with Gasteiger partial charge in [-0.3, -0.25) is 9.55 Å². The van der Waals surface area contributed by atoms with Crippen LogP contribution < -0.4 is 4.74 Å². The highest BCUT2D eigenvalue weighted by atomic mass is 32.2. The summed E-state index contributed by atoms with van der Waals surface area (Å²) < 4.78 is 17.8. The van der Waals surface area contributed by atoms with Gasteiger partial charge in [0.1, 0.15) is 12.4 Å². The zero-order chi connectivity index (χ0) is 22.8. The predicted molar refractivity (Wildman–Crippen MR) is 120 cm³/mol. The van der Waals surface area contributed by atoms with E-state index in [4.69, 9.17) is 14.2 Å². The van der Waals surface area contributed by atoms with Crippen molar-refractivity contribution in [1.29, 1.82) is 0 Å². The van der Waals surface area contributed by atoms with E-state index in [0.29, 0.717) is 42.0 Å². The average Bonchev–Trinajstić information content (AvgIpc) is 3.23. The Kier molecular flexibility index (Phi) is 9.02. The molecule has 0 amide bonds. The molecule has 32 heavy (non-hydrogen) atoms. The van der Waals surface area contributed by atoms with Crippen LogP contribution in [0.15, 0.2) is 53.9 Å². The molecule has 2 heterocycles. The highest BCUT2D eigenvalue weighted by Crippen LogP contribution is 2.24. The summed E-state index contributed by atoms with van der Waals surface area (Å²) in [5, 5.41) is 19.6. The van der Waals surface area contributed by atoms with E-state index in [1.807, 2.05) is 16.7 Å². The van der Waals surface area contributed by atoms with Crippen molar-refractivity contribution in [3.8, 4) is 17.1 Å². The molecule has 0 aliphatic rings. The Labute approximate surface area is 190 Å². The fourth-order valence-corrected chi connectivity index (χ4v) is 3.68. The van der Waals surface area contributed by atoms with E-state index < -0.39 is 6.10 Å². The molecule has 170 valence electrons. The zero-order valence-corrected chi connectivity index (χ0v) is 18.8. The normalized spacial score (nSPS) is 11.8. The largest absolute Gasteiger partial charge is 0.491 e. The minimum atomic E-state index is -0.721. The first-order chi connectivity index (χ1) is 15.6. The molecular formula is C22H26N4O5S. The third-order valence-corrected chi connectivity index (χ3v) is 5.50. The quantitative estimate of drug-likeness (QED) is 0.324. The number of thioether (sulfide) groups is 1. The topological polar surface area (TPSA) is 109 Å². The van der Waals surface area contributed by atoms with Crippen molar-refractivity contribution in [1.82, 2.24) is 19.7 Å². The zero-order valence-electron chi connectivity index (χ0n) is 18.0. The molecule has 0 fully saturated rings. The lowest BCUT2D eigenvalue weighted by Gasteiger charge is -2.13. The fraction of sp³-hybridized carbons (Fsp3) is 0.364. The second-order valence-corrected chi connectivity index (χ2v) is 7.69. The summed E-state index contributed by atoms with van der Waals surface area (Å²) in [6.07, 6.45) is 2.69. The SMILES string of the molecule is CCOC(=O)c1ccc(OCC(O)CSc2nnc(-c3ccncc3)n2CCOC)cc1. The molecule has 1 N–H and O–H groups in total. The van der Waals surface area contributed by atoms with Gasteiger partial charge >= 0.3 is 5.97 Å². The van der Waals surface area contributed by atoms with Crippen molar-refractivity contribution in [3.05, 3.63) is 54.4 Å². The van der Waals surface area contributed by atoms with Crippen LogP contribution in [0.5, 0.6) is 5.75 Å². The second-order valence-electron chi connectivity index (χ2n) is 6.71. The van der Waals surface area contributed by atoms with E-state index in [1.165, 1.54) is 11.8 Å². The van der Waals surface area contributed by atoms with Crippen LogP contribution in [0.1, 0.15) is 17.3 Å². The molecule has 10 heteroatoms. The molecule has 9 nitrogen and oxygen atoms in total. The molecular weight excluding hydrogens is 432 g/mol. The van der Waals surface area contributed by atoms with Crippen LogP contribution in [0.2, 0.25) is 0 Å². The average molecular weight is 459 g/mol. The molecule has 3 rings (SSSR count). The van der Waals surface area contributed by atoms with Gasteiger partial charge in [0.05, 0.1) is 31.4 Å². The highest BCUT2D eigenvalue weighted by Gasteiger charge is 2.16. The maximum atomic E-state index is 11.7. The number of benzene rings is 1. The molecule has 0 radical (unpaired) electrons. The molecule has 0 saturated heterocycles. The van der Waals surface area contributed by atoms with Crippen LogP contribution in [0.3, 0.4) is 0 Å². The molecule has 3 aromatic rings. The van der Waals surface area contributed by atoms with Gasteiger partial charge in [0.15, 0.2) is 11.0 Å². The summed E-state index contributed by atoms with van der Waals surface area (Å²) in [5.74, 6) is 1.28. The van der Waals surface area contributed by atoms with Gasteiger partial charge in [-0.05, 0) is 43.3 Å². The first-order valence-electron chi connectivity index (χ1n) is 10.2. The summed E-state index contributed by atoms with van der Waals surface area (Å²) in [6.45, 7) is 3.29. The number of aromatic nitrogens is 4. The number of methoxy groups -OCH3 is 1. The molecule has 2 aromatic heterocycles. The van der Waals surface area contributed by atoms with Crippen LogP contribution in [0.25, 0.3) is 11.4 Å². The van der Waals surface area contributed by atoms with Gasteiger partial charge in [0.25, 0.3) is 0 Å². The van der Waals surface area contributed by atoms with Crippen LogP contribution in [0, 0.1) is 0 Å². The summed E-state index contributed by atoms with van der Waals surface area (Å²) in [4.78, 5) is 15.7. The number of ether oxygens (including phenoxy) is 3. The maximum Gasteiger partial charge on any atom is 0.338 e. The van der Waals surface area contributed by atoms with E-state index >= 15 is 0 Å². The number of rotatable bonds is 12. The summed E-state index contributed by atoms with van der Waals surface area (Å²) in [6, 6.07) is 10.4. The van der Waals surface area contributed by atoms with Crippen LogP contribution >= 0.6 is 11.8 Å². The number of pyridine rings is 1. The van der Waals surface area contributed by atoms with Gasteiger partial charge in [0, 0.05) is 30.8 Å². The van der Waals surface area contributed by atoms with Gasteiger partial charge < -0.3 is 19.3 Å². The summed E-state index contributed by atoms with van der Waals surface area (Å²) >= 11 is 1.40. The number of carbonyl (C=O) groups excluding carboxylic acids is 1. The van der Waals surface area contributed by atoms with E-state index in [9.17, 15) is 9.90 Å². The van der Waals surface area contributed by atoms with Gasteiger partial charge in [-0.25, -0.2) is 4.79 Å². The van der Waals surface area contributed by atoms with Crippen molar-refractivity contribution in [2.45, 2.75) is 24.7 Å². The minimum absolute atomic E-state index is 0.106. The number of aliphatic hydroxyl groups is 1. The number of hydrogen-bond donors (Lipinski definition) is 1. The Morgan fingerprint density at radius 2 is 1.91 bits per heavy atom. The highest BCUT2D eigenvalue weighted by molar-refractivity contribution is 7.99. The maximum absolute atomic E-state index is 11.7. The van der Waals surface area contributed by atoms with Crippen molar-refractivity contribution < 1.29 is 24.1 Å². The van der Waals surface area contributed by atoms with Crippen molar-refractivity contribution in [2.75, 3.05) is 32.7 Å². The fourth-order valence-electron chi connectivity index (χ4n) is 2.81. The monoisotopic (exact) mass is 458 g/mol. The van der Waals surface area contributed by atoms with E-state index in [1.54, 1.807) is 50.7 Å². The molecule has 0 bridgehead atoms. The van der Waals surface area contributed by atoms with E-state index in [0.717, 1.165) is 11.4 Å². The van der Waals surface area contributed by atoms with Crippen molar-refractivity contribution >= 4 is 17.7 Å². The Hall–Kier alpha value is -2.95. The second kappa shape index (κ2) is 12.2. The predicted octanol–water partition coefficient (Wildman–Crippen LogP) is 2.70. The first kappa shape index (κ1) is 23.7. The number of esters is 1. The number of hydrogen-bond acceptors (Lipinski definition) is 9. The molecule has 0 spiro atoms. The summed E-state index contributed by atoms with van der Waals surface area (Å²) in [5.41, 5.74) is 1.36. The molecule has 1 atom stereocenters. The van der Waals surface area contributed by atoms with E-state index in [2.05, 4.69) is 15.2 Å².